The number of para-hydroxylation sites is 1. The van der Waals surface area contributed by atoms with Gasteiger partial charge in [-0.05, 0) is 24.3 Å². The quantitative estimate of drug-likeness (QED) is 0.283. The molecule has 2 aromatic rings. The van der Waals surface area contributed by atoms with E-state index < -0.39 is 23.1 Å². The van der Waals surface area contributed by atoms with E-state index in [-0.39, 0.29) is 22.6 Å². The maximum absolute atomic E-state index is 12.0. The van der Waals surface area contributed by atoms with E-state index in [0.29, 0.717) is 0 Å². The molecule has 2 unspecified atom stereocenters. The summed E-state index contributed by atoms with van der Waals surface area (Å²) in [6.07, 6.45) is 0. The van der Waals surface area contributed by atoms with Crippen molar-refractivity contribution in [2.75, 3.05) is 5.73 Å². The number of azo groups is 1. The molecule has 2 amide bonds. The number of carbonyl (C=O) groups is 2. The number of quaternary nitrogens is 1. The number of carbonyl (C=O) groups excluding carboxylic acids is 2. The van der Waals surface area contributed by atoms with Gasteiger partial charge in [0, 0.05) is 17.8 Å². The lowest BCUT2D eigenvalue weighted by atomic mass is 10.2. The number of nitrogens with one attached hydrogen (secondary N) is 3. The highest BCUT2D eigenvalue weighted by Crippen LogP contribution is 2.15. The van der Waals surface area contributed by atoms with Crippen LogP contribution < -0.4 is 21.8 Å². The van der Waals surface area contributed by atoms with Gasteiger partial charge in [-0.15, -0.1) is 0 Å². The van der Waals surface area contributed by atoms with Crippen LogP contribution >= 0.6 is 0 Å². The van der Waals surface area contributed by atoms with Gasteiger partial charge < -0.3 is 10.9 Å². The predicted molar refractivity (Wildman–Crippen MR) is 92.6 cm³/mol. The maximum atomic E-state index is 12.0. The van der Waals surface area contributed by atoms with E-state index in [1.807, 2.05) is 0 Å². The second kappa shape index (κ2) is 9.02. The van der Waals surface area contributed by atoms with Crippen LogP contribution in [-0.2, 0) is 4.79 Å². The highest BCUT2D eigenvalue weighted by atomic mass is 16.8. The van der Waals surface area contributed by atoms with Gasteiger partial charge in [-0.25, -0.2) is 5.21 Å². The van der Waals surface area contributed by atoms with Crippen molar-refractivity contribution in [1.82, 2.24) is 10.9 Å². The minimum absolute atomic E-state index is 0.0615. The molecule has 0 spiro atoms. The summed E-state index contributed by atoms with van der Waals surface area (Å²) in [7, 11) is 0. The first-order valence-electron chi connectivity index (χ1n) is 7.51. The number of hydrogen-bond donors (Lipinski definition) is 5. The number of amides is 2. The topological polar surface area (TPSA) is 180 Å². The molecule has 0 saturated carbocycles. The monoisotopic (exact) mass is 369 g/mol. The van der Waals surface area contributed by atoms with Crippen molar-refractivity contribution in [3.63, 3.8) is 0 Å². The van der Waals surface area contributed by atoms with Gasteiger partial charge in [0.05, 0.1) is 11.3 Å². The Balaban J connectivity index is 1.96. The summed E-state index contributed by atoms with van der Waals surface area (Å²) >= 11 is 0. The molecule has 0 aliphatic carbocycles. The van der Waals surface area contributed by atoms with Crippen molar-refractivity contribution < 1.29 is 20.0 Å². The molecule has 0 aliphatic rings. The number of nitrogens with two attached hydrogens (primary N) is 1. The molecule has 11 heteroatoms. The van der Waals surface area contributed by atoms with Crippen molar-refractivity contribution in [2.45, 2.75) is 6.04 Å². The van der Waals surface area contributed by atoms with E-state index in [1.54, 1.807) is 18.2 Å². The van der Waals surface area contributed by atoms with E-state index in [1.165, 1.54) is 36.4 Å². The van der Waals surface area contributed by atoms with Crippen LogP contribution in [0.5, 0.6) is 0 Å². The number of nitrogen functional groups attached to an aromatic ring is 1. The molecule has 0 bridgehead atoms. The standard InChI is InChI=1S/C16H15N7O4/c17-9-14(20-19-10-5-7-11(8-6-10)23(26)27)16(25)22-21-15(24)12-3-1-2-4-13(12)18/h1-8,14,23,26H,18H2,(H,21,24)(H,22,25). The first kappa shape index (κ1) is 19.5. The van der Waals surface area contributed by atoms with E-state index >= 15 is 0 Å². The summed E-state index contributed by atoms with van der Waals surface area (Å²) in [5.41, 5.74) is 10.6. The molecule has 0 fully saturated rings. The number of hydrogen-bond acceptors (Lipinski definition) is 8. The van der Waals surface area contributed by atoms with Gasteiger partial charge in [0.15, 0.2) is 5.69 Å². The summed E-state index contributed by atoms with van der Waals surface area (Å²) in [6.45, 7) is 0. The zero-order chi connectivity index (χ0) is 19.8. The van der Waals surface area contributed by atoms with Crippen LogP contribution in [0.25, 0.3) is 0 Å². The van der Waals surface area contributed by atoms with Crippen LogP contribution in [0.3, 0.4) is 0 Å². The zero-order valence-corrected chi connectivity index (χ0v) is 13.8. The average Bonchev–Trinajstić information content (AvgIpc) is 2.67. The number of anilines is 1. The van der Waals surface area contributed by atoms with Gasteiger partial charge in [0.1, 0.15) is 6.07 Å². The lowest BCUT2D eigenvalue weighted by Gasteiger charge is -2.10. The average molecular weight is 369 g/mol. The van der Waals surface area contributed by atoms with Gasteiger partial charge >= 0.3 is 0 Å². The van der Waals surface area contributed by atoms with E-state index in [2.05, 4.69) is 21.1 Å². The Hall–Kier alpha value is -3.85. The number of benzene rings is 2. The fraction of sp³-hybridized carbons (Fsp3) is 0.0625. The second-order valence-electron chi connectivity index (χ2n) is 5.13. The Labute approximate surface area is 153 Å². The first-order valence-corrected chi connectivity index (χ1v) is 7.51. The van der Waals surface area contributed by atoms with E-state index in [9.17, 15) is 14.8 Å². The third-order valence-corrected chi connectivity index (χ3v) is 3.28. The second-order valence-corrected chi connectivity index (χ2v) is 5.13. The Bertz CT molecular complexity index is 890. The Morgan fingerprint density at radius 2 is 1.85 bits per heavy atom. The van der Waals surface area contributed by atoms with Crippen molar-refractivity contribution in [3.8, 4) is 6.07 Å². The highest BCUT2D eigenvalue weighted by molar-refractivity contribution is 6.00. The third-order valence-electron chi connectivity index (χ3n) is 3.28. The molecular formula is C16H15N7O4. The lowest BCUT2D eigenvalue weighted by Crippen LogP contribution is -2.99. The van der Waals surface area contributed by atoms with Gasteiger partial charge in [-0.3, -0.25) is 20.4 Å². The van der Waals surface area contributed by atoms with Crippen LogP contribution in [-0.4, -0.2) is 23.1 Å². The SMILES string of the molecule is N#CC(N=Nc1ccc([NH+]([O-])O)cc1)C(=O)NNC(=O)c1ccccc1N. The molecular weight excluding hydrogens is 354 g/mol. The molecule has 6 N–H and O–H groups in total. The normalized spacial score (nSPS) is 12.8. The van der Waals surface area contributed by atoms with Crippen LogP contribution in [0.2, 0.25) is 0 Å². The fourth-order valence-electron chi connectivity index (χ4n) is 1.89. The molecule has 0 saturated heterocycles. The first-order chi connectivity index (χ1) is 12.9. The van der Waals surface area contributed by atoms with Crippen molar-refractivity contribution in [2.24, 2.45) is 10.2 Å². The molecule has 0 radical (unpaired) electrons. The Kier molecular flexibility index (Phi) is 6.50. The van der Waals surface area contributed by atoms with Gasteiger partial charge in [0.2, 0.25) is 6.04 Å². The van der Waals surface area contributed by atoms with Crippen LogP contribution in [0, 0.1) is 16.5 Å². The minimum atomic E-state index is -1.52. The third kappa shape index (κ3) is 5.31. The van der Waals surface area contributed by atoms with E-state index in [0.717, 1.165) is 0 Å². The summed E-state index contributed by atoms with van der Waals surface area (Å²) in [5.74, 6) is -1.55. The molecule has 2 rings (SSSR count). The lowest BCUT2D eigenvalue weighted by molar-refractivity contribution is -0.991. The number of hydrazine groups is 1. The molecule has 2 aromatic carbocycles. The van der Waals surface area contributed by atoms with Crippen molar-refractivity contribution in [3.05, 3.63) is 59.3 Å². The van der Waals surface area contributed by atoms with Crippen LogP contribution in [0.4, 0.5) is 17.1 Å². The van der Waals surface area contributed by atoms with E-state index in [4.69, 9.17) is 16.2 Å². The van der Waals surface area contributed by atoms with Gasteiger partial charge in [-0.2, -0.15) is 20.7 Å². The zero-order valence-electron chi connectivity index (χ0n) is 13.8. The van der Waals surface area contributed by atoms with Gasteiger partial charge in [0.25, 0.3) is 11.8 Å². The molecule has 11 nitrogen and oxygen atoms in total. The summed E-state index contributed by atoms with van der Waals surface area (Å²) in [5, 5.41) is 34.8. The minimum Gasteiger partial charge on any atom is -0.595 e. The summed E-state index contributed by atoms with van der Waals surface area (Å²) < 4.78 is 0. The Morgan fingerprint density at radius 3 is 2.44 bits per heavy atom. The number of nitrogens with zero attached hydrogens (tertiary/aromatic N) is 3. The molecule has 0 aromatic heterocycles. The Morgan fingerprint density at radius 1 is 1.19 bits per heavy atom. The summed E-state index contributed by atoms with van der Waals surface area (Å²) in [4.78, 5) is 23.9. The van der Waals surface area contributed by atoms with Crippen molar-refractivity contribution >= 4 is 28.9 Å². The smallest absolute Gasteiger partial charge is 0.279 e. The molecule has 0 aliphatic heterocycles. The molecule has 2 atom stereocenters. The molecule has 0 heterocycles. The van der Waals surface area contributed by atoms with Gasteiger partial charge in [-0.1, -0.05) is 12.1 Å². The van der Waals surface area contributed by atoms with Crippen LogP contribution in [0.1, 0.15) is 10.4 Å². The largest absolute Gasteiger partial charge is 0.595 e. The highest BCUT2D eigenvalue weighted by Gasteiger charge is 2.18. The number of nitriles is 1. The molecule has 138 valence electrons. The van der Waals surface area contributed by atoms with Crippen LogP contribution in [0.15, 0.2) is 58.8 Å². The maximum Gasteiger partial charge on any atom is 0.279 e. The molecule has 27 heavy (non-hydrogen) atoms. The fourth-order valence-corrected chi connectivity index (χ4v) is 1.89. The summed E-state index contributed by atoms with van der Waals surface area (Å²) in [6, 6.07) is 11.7. The number of rotatable bonds is 5. The van der Waals surface area contributed by atoms with Crippen molar-refractivity contribution in [1.29, 1.82) is 5.26 Å². The predicted octanol–water partition coefficient (Wildman–Crippen LogP) is 0.109.